The molecule has 2 N–H and O–H groups in total. The molecule has 0 saturated carbocycles. The number of hydrogen-bond acceptors (Lipinski definition) is 4. The van der Waals surface area contributed by atoms with Gasteiger partial charge in [-0.25, -0.2) is 4.98 Å². The van der Waals surface area contributed by atoms with Crippen LogP contribution in [0.3, 0.4) is 0 Å². The van der Waals surface area contributed by atoms with E-state index in [9.17, 15) is 0 Å². The Balaban J connectivity index is 2.23. The molecule has 2 aromatic rings. The van der Waals surface area contributed by atoms with Gasteiger partial charge in [0.05, 0.1) is 10.7 Å². The van der Waals surface area contributed by atoms with Crippen LogP contribution in [0.25, 0.3) is 11.1 Å². The number of oxazole rings is 1. The fourth-order valence-electron chi connectivity index (χ4n) is 1.49. The minimum Gasteiger partial charge on any atom is -0.441 e. The zero-order chi connectivity index (χ0) is 11.5. The SMILES string of the molecule is COCCCc1nc2cc(Cl)c(N)cc2o1. The molecule has 4 nitrogen and oxygen atoms in total. The minimum absolute atomic E-state index is 0.504. The molecule has 0 aliphatic rings. The molecule has 16 heavy (non-hydrogen) atoms. The van der Waals surface area contributed by atoms with Crippen molar-refractivity contribution in [2.24, 2.45) is 0 Å². The maximum absolute atomic E-state index is 5.90. The third kappa shape index (κ3) is 2.28. The highest BCUT2D eigenvalue weighted by Crippen LogP contribution is 2.26. The summed E-state index contributed by atoms with van der Waals surface area (Å²) >= 11 is 5.90. The van der Waals surface area contributed by atoms with Gasteiger partial charge in [-0.15, -0.1) is 0 Å². The number of aromatic nitrogens is 1. The number of aryl methyl sites for hydroxylation is 1. The minimum atomic E-state index is 0.504. The number of fused-ring (bicyclic) bond motifs is 1. The molecule has 0 fully saturated rings. The largest absolute Gasteiger partial charge is 0.441 e. The highest BCUT2D eigenvalue weighted by atomic mass is 35.5. The van der Waals surface area contributed by atoms with Crippen LogP contribution < -0.4 is 5.73 Å². The van der Waals surface area contributed by atoms with Gasteiger partial charge in [-0.2, -0.15) is 0 Å². The molecule has 0 atom stereocenters. The van der Waals surface area contributed by atoms with E-state index in [2.05, 4.69) is 4.98 Å². The Kier molecular flexibility index (Phi) is 3.31. The van der Waals surface area contributed by atoms with E-state index in [4.69, 9.17) is 26.5 Å². The van der Waals surface area contributed by atoms with Gasteiger partial charge in [0.15, 0.2) is 11.5 Å². The molecule has 0 bridgehead atoms. The van der Waals surface area contributed by atoms with Crippen LogP contribution in [0, 0.1) is 0 Å². The van der Waals surface area contributed by atoms with Crippen molar-refractivity contribution in [1.82, 2.24) is 4.98 Å². The van der Waals surface area contributed by atoms with E-state index in [1.165, 1.54) is 0 Å². The first kappa shape index (κ1) is 11.2. The number of hydrogen-bond donors (Lipinski definition) is 1. The lowest BCUT2D eigenvalue weighted by molar-refractivity contribution is 0.193. The second-order valence-corrected chi connectivity index (χ2v) is 3.95. The number of anilines is 1. The standard InChI is InChI=1S/C11H13ClN2O2/c1-15-4-2-3-11-14-9-5-7(12)8(13)6-10(9)16-11/h5-6H,2-4,13H2,1H3. The van der Waals surface area contributed by atoms with Crippen LogP contribution in [0.4, 0.5) is 5.69 Å². The van der Waals surface area contributed by atoms with Crippen molar-refractivity contribution in [2.75, 3.05) is 19.5 Å². The second-order valence-electron chi connectivity index (χ2n) is 3.55. The molecule has 0 aliphatic heterocycles. The first-order chi connectivity index (χ1) is 7.70. The third-order valence-corrected chi connectivity index (χ3v) is 2.62. The Labute approximate surface area is 98.3 Å². The highest BCUT2D eigenvalue weighted by molar-refractivity contribution is 6.33. The first-order valence-electron chi connectivity index (χ1n) is 5.04. The van der Waals surface area contributed by atoms with Crippen LogP contribution >= 0.6 is 11.6 Å². The number of nitrogens with zero attached hydrogens (tertiary/aromatic N) is 1. The maximum atomic E-state index is 5.90. The van der Waals surface area contributed by atoms with Gasteiger partial charge in [-0.3, -0.25) is 0 Å². The zero-order valence-electron chi connectivity index (χ0n) is 9.00. The summed E-state index contributed by atoms with van der Waals surface area (Å²) in [6.45, 7) is 0.696. The van der Waals surface area contributed by atoms with Crippen molar-refractivity contribution in [3.63, 3.8) is 0 Å². The summed E-state index contributed by atoms with van der Waals surface area (Å²) in [6.07, 6.45) is 1.63. The van der Waals surface area contributed by atoms with Crippen LogP contribution in [0.5, 0.6) is 0 Å². The van der Waals surface area contributed by atoms with E-state index < -0.39 is 0 Å². The van der Waals surface area contributed by atoms with Crippen LogP contribution in [0.2, 0.25) is 5.02 Å². The number of ether oxygens (including phenoxy) is 1. The van der Waals surface area contributed by atoms with Crippen LogP contribution in [-0.2, 0) is 11.2 Å². The molecule has 86 valence electrons. The van der Waals surface area contributed by atoms with Crippen LogP contribution in [-0.4, -0.2) is 18.7 Å². The Morgan fingerprint density at radius 1 is 1.50 bits per heavy atom. The average Bonchev–Trinajstić information content (AvgIpc) is 2.61. The molecule has 0 spiro atoms. The van der Waals surface area contributed by atoms with Gasteiger partial charge in [0.2, 0.25) is 0 Å². The quantitative estimate of drug-likeness (QED) is 0.659. The smallest absolute Gasteiger partial charge is 0.195 e. The summed E-state index contributed by atoms with van der Waals surface area (Å²) in [6, 6.07) is 3.42. The molecule has 0 amide bonds. The van der Waals surface area contributed by atoms with Gasteiger partial charge in [0.25, 0.3) is 0 Å². The van der Waals surface area contributed by atoms with Crippen molar-refractivity contribution in [1.29, 1.82) is 0 Å². The van der Waals surface area contributed by atoms with E-state index in [0.717, 1.165) is 18.4 Å². The molecule has 1 heterocycles. The molecular weight excluding hydrogens is 228 g/mol. The van der Waals surface area contributed by atoms with E-state index in [-0.39, 0.29) is 0 Å². The fraction of sp³-hybridized carbons (Fsp3) is 0.364. The van der Waals surface area contributed by atoms with E-state index in [0.29, 0.717) is 28.8 Å². The van der Waals surface area contributed by atoms with E-state index in [1.807, 2.05) is 0 Å². The zero-order valence-corrected chi connectivity index (χ0v) is 9.75. The molecule has 0 aliphatic carbocycles. The molecule has 2 rings (SSSR count). The highest BCUT2D eigenvalue weighted by Gasteiger charge is 2.08. The number of rotatable bonds is 4. The van der Waals surface area contributed by atoms with Gasteiger partial charge in [0, 0.05) is 26.2 Å². The summed E-state index contributed by atoms with van der Waals surface area (Å²) in [7, 11) is 1.67. The molecular formula is C11H13ClN2O2. The number of nitrogens with two attached hydrogens (primary N) is 1. The summed E-state index contributed by atoms with van der Waals surface area (Å²) in [5.41, 5.74) is 7.60. The number of methoxy groups -OCH3 is 1. The predicted molar refractivity (Wildman–Crippen MR) is 63.6 cm³/mol. The Morgan fingerprint density at radius 3 is 3.06 bits per heavy atom. The van der Waals surface area contributed by atoms with Gasteiger partial charge < -0.3 is 14.9 Å². The van der Waals surface area contributed by atoms with Crippen molar-refractivity contribution >= 4 is 28.4 Å². The summed E-state index contributed by atoms with van der Waals surface area (Å²) in [5, 5.41) is 0.504. The number of benzene rings is 1. The van der Waals surface area contributed by atoms with Crippen molar-refractivity contribution in [3.8, 4) is 0 Å². The van der Waals surface area contributed by atoms with Gasteiger partial charge in [-0.05, 0) is 12.5 Å². The normalized spacial score (nSPS) is 11.1. The summed E-state index contributed by atoms with van der Waals surface area (Å²) in [4.78, 5) is 4.32. The molecule has 0 radical (unpaired) electrons. The second kappa shape index (κ2) is 4.72. The molecule has 0 saturated heterocycles. The lowest BCUT2D eigenvalue weighted by atomic mass is 10.3. The van der Waals surface area contributed by atoms with Gasteiger partial charge in [-0.1, -0.05) is 11.6 Å². The Hall–Kier alpha value is -1.26. The van der Waals surface area contributed by atoms with Crippen molar-refractivity contribution < 1.29 is 9.15 Å². The summed E-state index contributed by atoms with van der Waals surface area (Å²) < 4.78 is 10.5. The topological polar surface area (TPSA) is 61.3 Å². The predicted octanol–water partition coefficient (Wildman–Crippen LogP) is 2.64. The fourth-order valence-corrected chi connectivity index (χ4v) is 1.64. The number of halogens is 1. The Morgan fingerprint density at radius 2 is 2.31 bits per heavy atom. The van der Waals surface area contributed by atoms with E-state index in [1.54, 1.807) is 19.2 Å². The maximum Gasteiger partial charge on any atom is 0.195 e. The lowest BCUT2D eigenvalue weighted by Crippen LogP contribution is -1.92. The average molecular weight is 241 g/mol. The van der Waals surface area contributed by atoms with Gasteiger partial charge in [0.1, 0.15) is 5.52 Å². The van der Waals surface area contributed by atoms with Crippen molar-refractivity contribution in [2.45, 2.75) is 12.8 Å². The number of nitrogen functional groups attached to an aromatic ring is 1. The van der Waals surface area contributed by atoms with E-state index >= 15 is 0 Å². The monoisotopic (exact) mass is 240 g/mol. The van der Waals surface area contributed by atoms with Crippen LogP contribution in [0.15, 0.2) is 16.5 Å². The first-order valence-corrected chi connectivity index (χ1v) is 5.42. The molecule has 5 heteroatoms. The summed E-state index contributed by atoms with van der Waals surface area (Å²) in [5.74, 6) is 0.689. The Bertz CT molecular complexity index is 457. The lowest BCUT2D eigenvalue weighted by Gasteiger charge is -1.94. The molecule has 1 aromatic carbocycles. The third-order valence-electron chi connectivity index (χ3n) is 2.29. The van der Waals surface area contributed by atoms with Crippen molar-refractivity contribution in [3.05, 3.63) is 23.0 Å². The molecule has 1 aromatic heterocycles. The molecule has 0 unspecified atom stereocenters. The van der Waals surface area contributed by atoms with Crippen LogP contribution in [0.1, 0.15) is 12.3 Å². The van der Waals surface area contributed by atoms with Gasteiger partial charge >= 0.3 is 0 Å².